The van der Waals surface area contributed by atoms with E-state index in [0.29, 0.717) is 5.02 Å². The zero-order valence-electron chi connectivity index (χ0n) is 13.8. The lowest BCUT2D eigenvalue weighted by molar-refractivity contribution is -0.117. The Morgan fingerprint density at radius 1 is 1.25 bits per heavy atom. The minimum absolute atomic E-state index is 0.201. The van der Waals surface area contributed by atoms with Crippen LogP contribution in [-0.2, 0) is 21.3 Å². The fourth-order valence-corrected chi connectivity index (χ4v) is 2.31. The standard InChI is InChI=1S/C14H15ClN2O.C2H6O3S/c1-9-7-11(8-14(16)18)10(2)17(9)13-5-3-12(15)4-6-13;1-2-6(3,4)5/h3-7H,8H2,1-2H3,(H2,16,18);2H2,1H3,(H,3,4,5). The van der Waals surface area contributed by atoms with Crippen molar-refractivity contribution in [3.63, 3.8) is 0 Å². The molecule has 0 aliphatic heterocycles. The topological polar surface area (TPSA) is 102 Å². The molecule has 1 aromatic heterocycles. The van der Waals surface area contributed by atoms with Gasteiger partial charge in [-0.1, -0.05) is 11.6 Å². The molecule has 6 nitrogen and oxygen atoms in total. The molecule has 132 valence electrons. The number of carbonyl (C=O) groups excluding carboxylic acids is 1. The van der Waals surface area contributed by atoms with Gasteiger partial charge < -0.3 is 10.3 Å². The second kappa shape index (κ2) is 8.32. The van der Waals surface area contributed by atoms with E-state index in [-0.39, 0.29) is 18.1 Å². The number of hydrogen-bond donors (Lipinski definition) is 2. The summed E-state index contributed by atoms with van der Waals surface area (Å²) < 4.78 is 29.0. The fraction of sp³-hybridized carbons (Fsp3) is 0.312. The van der Waals surface area contributed by atoms with Crippen LogP contribution >= 0.6 is 11.6 Å². The average Bonchev–Trinajstić information content (AvgIpc) is 2.74. The van der Waals surface area contributed by atoms with E-state index in [1.165, 1.54) is 6.92 Å². The number of primary amides is 1. The van der Waals surface area contributed by atoms with Crippen LogP contribution in [0.25, 0.3) is 5.69 Å². The predicted octanol–water partition coefficient (Wildman–Crippen LogP) is 2.67. The van der Waals surface area contributed by atoms with E-state index in [0.717, 1.165) is 22.6 Å². The summed E-state index contributed by atoms with van der Waals surface area (Å²) in [4.78, 5) is 11.0. The number of aromatic nitrogens is 1. The lowest BCUT2D eigenvalue weighted by Gasteiger charge is -2.09. The van der Waals surface area contributed by atoms with Gasteiger partial charge in [0.2, 0.25) is 5.91 Å². The molecule has 0 radical (unpaired) electrons. The molecule has 0 atom stereocenters. The van der Waals surface area contributed by atoms with Crippen molar-refractivity contribution in [3.05, 3.63) is 52.3 Å². The van der Waals surface area contributed by atoms with Gasteiger partial charge in [-0.3, -0.25) is 9.35 Å². The first-order chi connectivity index (χ1) is 11.0. The quantitative estimate of drug-likeness (QED) is 0.805. The van der Waals surface area contributed by atoms with Crippen molar-refractivity contribution in [1.82, 2.24) is 4.57 Å². The maximum Gasteiger partial charge on any atom is 0.264 e. The average molecular weight is 373 g/mol. The predicted molar refractivity (Wildman–Crippen MR) is 95.2 cm³/mol. The number of amides is 1. The number of aryl methyl sites for hydroxylation is 1. The Kier molecular flexibility index (Phi) is 7.01. The van der Waals surface area contributed by atoms with E-state index >= 15 is 0 Å². The van der Waals surface area contributed by atoms with Gasteiger partial charge >= 0.3 is 0 Å². The van der Waals surface area contributed by atoms with Crippen molar-refractivity contribution in [3.8, 4) is 5.69 Å². The molecule has 0 aliphatic carbocycles. The highest BCUT2D eigenvalue weighted by atomic mass is 35.5. The zero-order valence-corrected chi connectivity index (χ0v) is 15.4. The van der Waals surface area contributed by atoms with Crippen LogP contribution in [0.1, 0.15) is 23.9 Å². The van der Waals surface area contributed by atoms with Crippen molar-refractivity contribution in [1.29, 1.82) is 0 Å². The summed E-state index contributed by atoms with van der Waals surface area (Å²) in [5, 5.41) is 0.707. The molecule has 0 spiro atoms. The maximum atomic E-state index is 11.0. The van der Waals surface area contributed by atoms with Crippen LogP contribution in [0.4, 0.5) is 0 Å². The number of nitrogens with two attached hydrogens (primary N) is 1. The molecule has 8 heteroatoms. The summed E-state index contributed by atoms with van der Waals surface area (Å²) in [7, 11) is -3.66. The molecule has 2 aromatic rings. The summed E-state index contributed by atoms with van der Waals surface area (Å²) >= 11 is 5.88. The Labute approximate surface area is 147 Å². The molecule has 3 N–H and O–H groups in total. The lowest BCUT2D eigenvalue weighted by Crippen LogP contribution is -2.14. The van der Waals surface area contributed by atoms with Crippen LogP contribution in [0.5, 0.6) is 0 Å². The Bertz CT molecular complexity index is 811. The highest BCUT2D eigenvalue weighted by Gasteiger charge is 2.12. The van der Waals surface area contributed by atoms with E-state index < -0.39 is 10.1 Å². The van der Waals surface area contributed by atoms with Gasteiger partial charge in [-0.15, -0.1) is 0 Å². The zero-order chi connectivity index (χ0) is 18.5. The number of benzene rings is 1. The smallest absolute Gasteiger partial charge is 0.264 e. The molecule has 0 saturated carbocycles. The van der Waals surface area contributed by atoms with Gasteiger partial charge in [0.05, 0.1) is 12.2 Å². The molecule has 0 fully saturated rings. The Morgan fingerprint density at radius 3 is 2.17 bits per heavy atom. The van der Waals surface area contributed by atoms with Gasteiger partial charge in [0.15, 0.2) is 0 Å². The van der Waals surface area contributed by atoms with Crippen LogP contribution in [0.3, 0.4) is 0 Å². The molecule has 2 rings (SSSR count). The normalized spacial score (nSPS) is 10.9. The first-order valence-electron chi connectivity index (χ1n) is 7.22. The van der Waals surface area contributed by atoms with E-state index in [2.05, 4.69) is 4.57 Å². The lowest BCUT2D eigenvalue weighted by atomic mass is 10.2. The Morgan fingerprint density at radius 2 is 1.75 bits per heavy atom. The van der Waals surface area contributed by atoms with Crippen molar-refractivity contribution < 1.29 is 17.8 Å². The monoisotopic (exact) mass is 372 g/mol. The number of hydrogen-bond acceptors (Lipinski definition) is 3. The van der Waals surface area contributed by atoms with Crippen molar-refractivity contribution in [2.24, 2.45) is 5.73 Å². The van der Waals surface area contributed by atoms with Crippen LogP contribution in [0.15, 0.2) is 30.3 Å². The van der Waals surface area contributed by atoms with Crippen LogP contribution in [-0.4, -0.2) is 29.2 Å². The SMILES string of the molecule is CCS(=O)(=O)O.Cc1cc(CC(N)=O)c(C)n1-c1ccc(Cl)cc1. The first-order valence-corrected chi connectivity index (χ1v) is 9.21. The van der Waals surface area contributed by atoms with Crippen molar-refractivity contribution in [2.45, 2.75) is 27.2 Å². The van der Waals surface area contributed by atoms with E-state index in [9.17, 15) is 13.2 Å². The highest BCUT2D eigenvalue weighted by molar-refractivity contribution is 7.85. The Hall–Kier alpha value is -1.83. The van der Waals surface area contributed by atoms with Gasteiger partial charge in [-0.05, 0) is 56.7 Å². The van der Waals surface area contributed by atoms with E-state index in [1.807, 2.05) is 44.2 Å². The minimum Gasteiger partial charge on any atom is -0.369 e. The largest absolute Gasteiger partial charge is 0.369 e. The third-order valence-corrected chi connectivity index (χ3v) is 4.33. The summed E-state index contributed by atoms with van der Waals surface area (Å²) in [6.45, 7) is 5.36. The molecular weight excluding hydrogens is 352 g/mol. The molecule has 0 aliphatic rings. The summed E-state index contributed by atoms with van der Waals surface area (Å²) in [5.74, 6) is -0.515. The first kappa shape index (κ1) is 20.2. The van der Waals surface area contributed by atoms with E-state index in [1.54, 1.807) is 0 Å². The fourth-order valence-electron chi connectivity index (χ4n) is 2.18. The van der Waals surface area contributed by atoms with Crippen LogP contribution in [0, 0.1) is 13.8 Å². The van der Waals surface area contributed by atoms with Gasteiger partial charge in [0.25, 0.3) is 10.1 Å². The minimum atomic E-state index is -3.66. The second-order valence-corrected chi connectivity index (χ2v) is 7.40. The molecule has 0 saturated heterocycles. The third kappa shape index (κ3) is 5.99. The number of rotatable bonds is 4. The highest BCUT2D eigenvalue weighted by Crippen LogP contribution is 2.22. The maximum absolute atomic E-state index is 11.0. The summed E-state index contributed by atoms with van der Waals surface area (Å²) in [6, 6.07) is 9.61. The van der Waals surface area contributed by atoms with Gasteiger partial charge in [-0.25, -0.2) is 0 Å². The summed E-state index contributed by atoms with van der Waals surface area (Å²) in [6.07, 6.45) is 0.271. The number of nitrogens with zero attached hydrogens (tertiary/aromatic N) is 1. The van der Waals surface area contributed by atoms with Crippen molar-refractivity contribution in [2.75, 3.05) is 5.75 Å². The molecule has 0 unspecified atom stereocenters. The molecule has 1 aromatic carbocycles. The van der Waals surface area contributed by atoms with Crippen LogP contribution in [0.2, 0.25) is 5.02 Å². The van der Waals surface area contributed by atoms with Gasteiger partial charge in [-0.2, -0.15) is 8.42 Å². The second-order valence-electron chi connectivity index (χ2n) is 5.22. The Balaban J connectivity index is 0.000000413. The molecule has 24 heavy (non-hydrogen) atoms. The van der Waals surface area contributed by atoms with Gasteiger partial charge in [0.1, 0.15) is 0 Å². The number of halogens is 1. The summed E-state index contributed by atoms with van der Waals surface area (Å²) in [5.41, 5.74) is 9.36. The molecule has 1 heterocycles. The molecular formula is C16H21ClN2O4S. The molecule has 0 bridgehead atoms. The molecule has 1 amide bonds. The van der Waals surface area contributed by atoms with Crippen LogP contribution < -0.4 is 5.73 Å². The van der Waals surface area contributed by atoms with E-state index in [4.69, 9.17) is 21.9 Å². The third-order valence-electron chi connectivity index (χ3n) is 3.35. The van der Waals surface area contributed by atoms with Crippen molar-refractivity contribution >= 4 is 27.6 Å². The van der Waals surface area contributed by atoms with Gasteiger partial charge in [0, 0.05) is 22.1 Å². The number of carbonyl (C=O) groups is 1.